The number of carbonyl (C=O) groups is 3. The van der Waals surface area contributed by atoms with Crippen molar-refractivity contribution in [3.63, 3.8) is 0 Å². The average Bonchev–Trinajstić information content (AvgIpc) is 2.71. The van der Waals surface area contributed by atoms with Crippen LogP contribution >= 0.6 is 0 Å². The fourth-order valence-electron chi connectivity index (χ4n) is 3.12. The van der Waals surface area contributed by atoms with Crippen molar-refractivity contribution < 1.29 is 29.0 Å². The zero-order valence-corrected chi connectivity index (χ0v) is 15.5. The van der Waals surface area contributed by atoms with E-state index in [1.54, 1.807) is 30.3 Å². The number of rotatable bonds is 7. The second-order valence-electron chi connectivity index (χ2n) is 6.61. The van der Waals surface area contributed by atoms with E-state index in [9.17, 15) is 34.6 Å². The molecular formula is C19H15N3O8. The standard InChI is InChI=1S/C19H15N3O8/c1-10(15-16(20-18(15)24)17(23)11-5-3-2-4-6-11)30-19(25)12-7-13(21(26)27)9-14(8-12)22(28)29/h2-10,15-16H,1H3,(H,20,24)/t10-,15-,16+/m1/s1. The van der Waals surface area contributed by atoms with E-state index in [0.717, 1.165) is 12.1 Å². The first kappa shape index (κ1) is 20.6. The average molecular weight is 413 g/mol. The van der Waals surface area contributed by atoms with Crippen molar-refractivity contribution in [1.82, 2.24) is 5.32 Å². The minimum Gasteiger partial charge on any atom is -0.458 e. The molecule has 1 amide bonds. The summed E-state index contributed by atoms with van der Waals surface area (Å²) in [7, 11) is 0. The molecule has 3 atom stereocenters. The summed E-state index contributed by atoms with van der Waals surface area (Å²) in [6.45, 7) is 1.40. The lowest BCUT2D eigenvalue weighted by Crippen LogP contribution is -2.65. The van der Waals surface area contributed by atoms with Gasteiger partial charge in [0, 0.05) is 17.7 Å². The van der Waals surface area contributed by atoms with E-state index in [0.29, 0.717) is 11.6 Å². The van der Waals surface area contributed by atoms with Gasteiger partial charge in [0.1, 0.15) is 18.1 Å². The molecule has 0 radical (unpaired) electrons. The second-order valence-corrected chi connectivity index (χ2v) is 6.61. The fourth-order valence-corrected chi connectivity index (χ4v) is 3.12. The summed E-state index contributed by atoms with van der Waals surface area (Å²) in [5.74, 6) is -2.89. The summed E-state index contributed by atoms with van der Waals surface area (Å²) < 4.78 is 5.20. The molecule has 1 fully saturated rings. The molecule has 1 aliphatic rings. The zero-order chi connectivity index (χ0) is 22.0. The molecule has 3 rings (SSSR count). The predicted octanol–water partition coefficient (Wildman–Crippen LogP) is 2.05. The number of hydrogen-bond donors (Lipinski definition) is 1. The van der Waals surface area contributed by atoms with E-state index >= 15 is 0 Å². The number of nitro groups is 2. The van der Waals surface area contributed by atoms with E-state index in [1.165, 1.54) is 6.92 Å². The monoisotopic (exact) mass is 413 g/mol. The lowest BCUT2D eigenvalue weighted by atomic mass is 9.81. The number of esters is 1. The first-order valence-electron chi connectivity index (χ1n) is 8.73. The SMILES string of the molecule is C[C@@H](OC(=O)c1cc([N+](=O)[O-])cc([N+](=O)[O-])c1)[C@H]1C(=O)N[C@@H]1C(=O)c1ccccc1. The lowest BCUT2D eigenvalue weighted by molar-refractivity contribution is -0.394. The van der Waals surface area contributed by atoms with Gasteiger partial charge in [0.15, 0.2) is 5.78 Å². The number of non-ortho nitro benzene ring substituents is 2. The largest absolute Gasteiger partial charge is 0.458 e. The van der Waals surface area contributed by atoms with Crippen LogP contribution in [0.3, 0.4) is 0 Å². The van der Waals surface area contributed by atoms with Crippen LogP contribution in [-0.2, 0) is 9.53 Å². The van der Waals surface area contributed by atoms with Gasteiger partial charge >= 0.3 is 5.97 Å². The molecule has 1 aliphatic heterocycles. The molecule has 1 N–H and O–H groups in total. The Morgan fingerprint density at radius 3 is 2.07 bits per heavy atom. The van der Waals surface area contributed by atoms with Crippen LogP contribution in [0.25, 0.3) is 0 Å². The fraction of sp³-hybridized carbons (Fsp3) is 0.211. The van der Waals surface area contributed by atoms with Gasteiger partial charge in [0.05, 0.1) is 21.5 Å². The maximum atomic E-state index is 12.6. The molecule has 11 heteroatoms. The van der Waals surface area contributed by atoms with Crippen LogP contribution in [0, 0.1) is 26.1 Å². The van der Waals surface area contributed by atoms with Gasteiger partial charge in [0.2, 0.25) is 5.91 Å². The molecule has 2 aromatic carbocycles. The number of nitrogens with one attached hydrogen (secondary N) is 1. The van der Waals surface area contributed by atoms with Crippen LogP contribution in [0.15, 0.2) is 48.5 Å². The zero-order valence-electron chi connectivity index (χ0n) is 15.5. The lowest BCUT2D eigenvalue weighted by Gasteiger charge is -2.38. The Kier molecular flexibility index (Phi) is 5.54. The number of ketones is 1. The van der Waals surface area contributed by atoms with Crippen molar-refractivity contribution in [2.75, 3.05) is 0 Å². The molecular weight excluding hydrogens is 398 g/mol. The number of nitrogens with zero attached hydrogens (tertiary/aromatic N) is 2. The highest BCUT2D eigenvalue weighted by molar-refractivity contribution is 6.08. The van der Waals surface area contributed by atoms with Gasteiger partial charge in [-0.3, -0.25) is 29.8 Å². The van der Waals surface area contributed by atoms with Crippen molar-refractivity contribution in [1.29, 1.82) is 0 Å². The molecule has 0 bridgehead atoms. The highest BCUT2D eigenvalue weighted by Gasteiger charge is 2.48. The Morgan fingerprint density at radius 1 is 1.00 bits per heavy atom. The van der Waals surface area contributed by atoms with Crippen LogP contribution < -0.4 is 5.32 Å². The van der Waals surface area contributed by atoms with Crippen LogP contribution in [0.5, 0.6) is 0 Å². The number of β-lactam (4-membered cyclic amide) rings is 1. The van der Waals surface area contributed by atoms with Crippen molar-refractivity contribution >= 4 is 29.0 Å². The number of hydrogen-bond acceptors (Lipinski definition) is 8. The molecule has 30 heavy (non-hydrogen) atoms. The Morgan fingerprint density at radius 2 is 1.57 bits per heavy atom. The number of amides is 1. The van der Waals surface area contributed by atoms with Gasteiger partial charge in [-0.15, -0.1) is 0 Å². The molecule has 0 aromatic heterocycles. The van der Waals surface area contributed by atoms with Gasteiger partial charge in [-0.25, -0.2) is 4.79 Å². The molecule has 1 saturated heterocycles. The van der Waals surface area contributed by atoms with Crippen LogP contribution in [0.4, 0.5) is 11.4 Å². The van der Waals surface area contributed by atoms with Crippen molar-refractivity contribution in [3.8, 4) is 0 Å². The molecule has 0 saturated carbocycles. The quantitative estimate of drug-likeness (QED) is 0.237. The maximum absolute atomic E-state index is 12.6. The Labute approximate surface area is 168 Å². The van der Waals surface area contributed by atoms with Crippen molar-refractivity contribution in [2.45, 2.75) is 19.1 Å². The molecule has 154 valence electrons. The highest BCUT2D eigenvalue weighted by atomic mass is 16.6. The molecule has 11 nitrogen and oxygen atoms in total. The molecule has 0 unspecified atom stereocenters. The van der Waals surface area contributed by atoms with E-state index in [4.69, 9.17) is 4.74 Å². The van der Waals surface area contributed by atoms with E-state index in [-0.39, 0.29) is 5.78 Å². The second kappa shape index (κ2) is 8.07. The van der Waals surface area contributed by atoms with Crippen LogP contribution in [-0.4, -0.2) is 39.7 Å². The molecule has 0 spiro atoms. The Hall–Kier alpha value is -4.15. The maximum Gasteiger partial charge on any atom is 0.338 e. The number of ether oxygens (including phenoxy) is 1. The first-order valence-corrected chi connectivity index (χ1v) is 8.73. The van der Waals surface area contributed by atoms with Gasteiger partial charge in [-0.2, -0.15) is 0 Å². The first-order chi connectivity index (χ1) is 14.2. The summed E-state index contributed by atoms with van der Waals surface area (Å²) in [5.41, 5.74) is -1.33. The normalized spacial score (nSPS) is 18.5. The van der Waals surface area contributed by atoms with Gasteiger partial charge in [0.25, 0.3) is 11.4 Å². The predicted molar refractivity (Wildman–Crippen MR) is 101 cm³/mol. The van der Waals surface area contributed by atoms with Gasteiger partial charge in [-0.05, 0) is 6.92 Å². The minimum atomic E-state index is -1.08. The van der Waals surface area contributed by atoms with E-state index in [2.05, 4.69) is 5.32 Å². The van der Waals surface area contributed by atoms with Crippen LogP contribution in [0.1, 0.15) is 27.6 Å². The van der Waals surface area contributed by atoms with Gasteiger partial charge in [-0.1, -0.05) is 30.3 Å². The number of benzene rings is 2. The summed E-state index contributed by atoms with van der Waals surface area (Å²) >= 11 is 0. The van der Waals surface area contributed by atoms with Crippen molar-refractivity contribution in [2.24, 2.45) is 5.92 Å². The van der Waals surface area contributed by atoms with Crippen LogP contribution in [0.2, 0.25) is 0 Å². The molecule has 0 aliphatic carbocycles. The summed E-state index contributed by atoms with van der Waals surface area (Å²) in [5, 5.41) is 24.4. The third-order valence-electron chi connectivity index (χ3n) is 4.66. The molecule has 1 heterocycles. The van der Waals surface area contributed by atoms with Gasteiger partial charge < -0.3 is 10.1 Å². The number of carbonyl (C=O) groups excluding carboxylic acids is 3. The number of Topliss-reactive ketones (excluding diaryl/α,β-unsaturated/α-hetero) is 1. The summed E-state index contributed by atoms with van der Waals surface area (Å²) in [6.07, 6.45) is -1.05. The summed E-state index contributed by atoms with van der Waals surface area (Å²) in [6, 6.07) is 9.74. The van der Waals surface area contributed by atoms with E-state index in [1.807, 2.05) is 0 Å². The topological polar surface area (TPSA) is 159 Å². The number of nitro benzene ring substituents is 2. The highest BCUT2D eigenvalue weighted by Crippen LogP contribution is 2.27. The Balaban J connectivity index is 1.78. The smallest absolute Gasteiger partial charge is 0.338 e. The van der Waals surface area contributed by atoms with E-state index < -0.39 is 56.7 Å². The van der Waals surface area contributed by atoms with Crippen molar-refractivity contribution in [3.05, 3.63) is 79.9 Å². The summed E-state index contributed by atoms with van der Waals surface area (Å²) in [4.78, 5) is 57.2. The molecule has 2 aromatic rings. The third kappa shape index (κ3) is 3.99. The Bertz CT molecular complexity index is 1020. The third-order valence-corrected chi connectivity index (χ3v) is 4.66. The minimum absolute atomic E-state index is 0.353.